The van der Waals surface area contributed by atoms with Crippen molar-refractivity contribution in [1.82, 2.24) is 10.3 Å². The molecular formula is C17H31N3O. The maximum Gasteiger partial charge on any atom is 0.129 e. The van der Waals surface area contributed by atoms with Gasteiger partial charge in [0.1, 0.15) is 5.82 Å². The van der Waals surface area contributed by atoms with Gasteiger partial charge in [-0.25, -0.2) is 4.98 Å². The van der Waals surface area contributed by atoms with Crippen LogP contribution in [-0.4, -0.2) is 38.3 Å². The number of likely N-dealkylation sites (N-methyl/N-ethyl adjacent to an activating group) is 1. The summed E-state index contributed by atoms with van der Waals surface area (Å²) in [4.78, 5) is 7.15. The van der Waals surface area contributed by atoms with Crippen molar-refractivity contribution in [2.75, 3.05) is 38.3 Å². The highest BCUT2D eigenvalue weighted by atomic mass is 16.5. The van der Waals surface area contributed by atoms with Gasteiger partial charge in [0, 0.05) is 37.9 Å². The van der Waals surface area contributed by atoms with Crippen LogP contribution in [0.1, 0.15) is 45.9 Å². The topological polar surface area (TPSA) is 37.4 Å². The minimum atomic E-state index is 0.0532. The Balaban J connectivity index is 3.10. The zero-order chi connectivity index (χ0) is 15.9. The van der Waals surface area contributed by atoms with E-state index in [1.165, 1.54) is 5.56 Å². The van der Waals surface area contributed by atoms with E-state index in [1.54, 1.807) is 7.11 Å². The minimum Gasteiger partial charge on any atom is -0.383 e. The fourth-order valence-corrected chi connectivity index (χ4v) is 2.12. The average molecular weight is 293 g/mol. The van der Waals surface area contributed by atoms with Crippen LogP contribution < -0.4 is 10.2 Å². The normalized spacial score (nSPS) is 11.7. The molecule has 0 unspecified atom stereocenters. The van der Waals surface area contributed by atoms with E-state index in [0.29, 0.717) is 0 Å². The van der Waals surface area contributed by atoms with Crippen molar-refractivity contribution in [3.05, 3.63) is 23.4 Å². The maximum atomic E-state index is 5.21. The molecule has 0 aliphatic heterocycles. The molecule has 0 bridgehead atoms. The Bertz CT molecular complexity index is 427. The number of pyridine rings is 1. The highest BCUT2D eigenvalue weighted by Crippen LogP contribution is 2.25. The monoisotopic (exact) mass is 293 g/mol. The third-order valence-corrected chi connectivity index (χ3v) is 3.49. The lowest BCUT2D eigenvalue weighted by Gasteiger charge is -2.26. The van der Waals surface area contributed by atoms with E-state index in [4.69, 9.17) is 9.72 Å². The summed E-state index contributed by atoms with van der Waals surface area (Å²) in [5.74, 6) is 1.05. The lowest BCUT2D eigenvalue weighted by molar-refractivity contribution is 0.205. The Morgan fingerprint density at radius 1 is 1.24 bits per heavy atom. The van der Waals surface area contributed by atoms with Crippen molar-refractivity contribution >= 4 is 5.82 Å². The molecule has 0 saturated heterocycles. The molecule has 21 heavy (non-hydrogen) atoms. The summed E-state index contributed by atoms with van der Waals surface area (Å²) in [6.45, 7) is 15.3. The Kier molecular flexibility index (Phi) is 7.12. The molecule has 0 amide bonds. The summed E-state index contributed by atoms with van der Waals surface area (Å²) in [5.41, 5.74) is 2.49. The molecule has 4 heteroatoms. The van der Waals surface area contributed by atoms with Gasteiger partial charge in [-0.1, -0.05) is 27.7 Å². The highest BCUT2D eigenvalue weighted by molar-refractivity contribution is 5.44. The van der Waals surface area contributed by atoms with Gasteiger partial charge < -0.3 is 15.0 Å². The molecule has 0 fully saturated rings. The molecular weight excluding hydrogens is 262 g/mol. The van der Waals surface area contributed by atoms with Gasteiger partial charge in [0.05, 0.1) is 6.61 Å². The van der Waals surface area contributed by atoms with E-state index in [2.05, 4.69) is 57.0 Å². The van der Waals surface area contributed by atoms with Gasteiger partial charge in [0.25, 0.3) is 0 Å². The highest BCUT2D eigenvalue weighted by Gasteiger charge is 2.18. The second-order valence-electron chi connectivity index (χ2n) is 6.32. The molecule has 1 rings (SSSR count). The molecule has 0 saturated carbocycles. The second-order valence-corrected chi connectivity index (χ2v) is 6.32. The van der Waals surface area contributed by atoms with E-state index in [1.807, 2.05) is 0 Å². The van der Waals surface area contributed by atoms with Crippen LogP contribution >= 0.6 is 0 Å². The molecule has 120 valence electrons. The molecule has 0 atom stereocenters. The van der Waals surface area contributed by atoms with Crippen molar-refractivity contribution in [2.45, 2.75) is 46.6 Å². The van der Waals surface area contributed by atoms with Crippen molar-refractivity contribution < 1.29 is 4.74 Å². The molecule has 0 aromatic carbocycles. The first-order valence-corrected chi connectivity index (χ1v) is 7.88. The number of aromatic nitrogens is 1. The summed E-state index contributed by atoms with van der Waals surface area (Å²) >= 11 is 0. The smallest absolute Gasteiger partial charge is 0.129 e. The summed E-state index contributed by atoms with van der Waals surface area (Å²) in [6.07, 6.45) is 0. The Morgan fingerprint density at radius 3 is 2.48 bits per heavy atom. The predicted molar refractivity (Wildman–Crippen MR) is 90.1 cm³/mol. The van der Waals surface area contributed by atoms with Crippen molar-refractivity contribution in [2.24, 2.45) is 0 Å². The third kappa shape index (κ3) is 5.64. The van der Waals surface area contributed by atoms with Crippen LogP contribution in [0.15, 0.2) is 12.1 Å². The third-order valence-electron chi connectivity index (χ3n) is 3.49. The summed E-state index contributed by atoms with van der Waals surface area (Å²) in [5, 5.41) is 3.40. The van der Waals surface area contributed by atoms with E-state index >= 15 is 0 Å². The number of nitrogens with one attached hydrogen (secondary N) is 1. The molecule has 0 radical (unpaired) electrons. The number of ether oxygens (including phenoxy) is 1. The maximum absolute atomic E-state index is 5.21. The first-order chi connectivity index (χ1) is 9.92. The number of hydrogen-bond donors (Lipinski definition) is 1. The van der Waals surface area contributed by atoms with E-state index in [0.717, 1.165) is 44.3 Å². The lowest BCUT2D eigenvalue weighted by atomic mass is 9.90. The number of rotatable bonds is 8. The van der Waals surface area contributed by atoms with Crippen molar-refractivity contribution in [1.29, 1.82) is 0 Å². The quantitative estimate of drug-likeness (QED) is 0.799. The van der Waals surface area contributed by atoms with Crippen molar-refractivity contribution in [3.63, 3.8) is 0 Å². The number of methoxy groups -OCH3 is 1. The van der Waals surface area contributed by atoms with Gasteiger partial charge in [-0.05, 0) is 31.2 Å². The Hall–Kier alpha value is -1.13. The largest absolute Gasteiger partial charge is 0.383 e. The van der Waals surface area contributed by atoms with Gasteiger partial charge >= 0.3 is 0 Å². The van der Waals surface area contributed by atoms with E-state index in [9.17, 15) is 0 Å². The Morgan fingerprint density at radius 2 is 1.95 bits per heavy atom. The van der Waals surface area contributed by atoms with Crippen LogP contribution in [0.3, 0.4) is 0 Å². The average Bonchev–Trinajstić information content (AvgIpc) is 2.45. The SMILES string of the molecule is CCNCc1cc(N(CC)CCOC)nc(C(C)(C)C)c1. The summed E-state index contributed by atoms with van der Waals surface area (Å²) < 4.78 is 5.21. The van der Waals surface area contributed by atoms with Crippen LogP contribution in [-0.2, 0) is 16.7 Å². The number of anilines is 1. The first kappa shape index (κ1) is 17.9. The number of nitrogens with zero attached hydrogens (tertiary/aromatic N) is 2. The van der Waals surface area contributed by atoms with Gasteiger partial charge in [0.15, 0.2) is 0 Å². The molecule has 0 aliphatic carbocycles. The van der Waals surface area contributed by atoms with Crippen LogP contribution in [0.5, 0.6) is 0 Å². The molecule has 1 heterocycles. The molecule has 1 aromatic rings. The van der Waals surface area contributed by atoms with E-state index in [-0.39, 0.29) is 5.41 Å². The van der Waals surface area contributed by atoms with Crippen LogP contribution in [0.25, 0.3) is 0 Å². The van der Waals surface area contributed by atoms with Crippen LogP contribution in [0, 0.1) is 0 Å². The zero-order valence-electron chi connectivity index (χ0n) is 14.5. The zero-order valence-corrected chi connectivity index (χ0v) is 14.5. The molecule has 1 N–H and O–H groups in total. The van der Waals surface area contributed by atoms with Gasteiger partial charge in [-0.2, -0.15) is 0 Å². The van der Waals surface area contributed by atoms with Gasteiger partial charge in [-0.3, -0.25) is 0 Å². The first-order valence-electron chi connectivity index (χ1n) is 7.88. The molecule has 4 nitrogen and oxygen atoms in total. The van der Waals surface area contributed by atoms with Crippen LogP contribution in [0.4, 0.5) is 5.82 Å². The van der Waals surface area contributed by atoms with Gasteiger partial charge in [0.2, 0.25) is 0 Å². The molecule has 1 aromatic heterocycles. The van der Waals surface area contributed by atoms with Crippen molar-refractivity contribution in [3.8, 4) is 0 Å². The molecule has 0 spiro atoms. The minimum absolute atomic E-state index is 0.0532. The fourth-order valence-electron chi connectivity index (χ4n) is 2.12. The molecule has 0 aliphatic rings. The number of hydrogen-bond acceptors (Lipinski definition) is 4. The fraction of sp³-hybridized carbons (Fsp3) is 0.706. The summed E-state index contributed by atoms with van der Waals surface area (Å²) in [6, 6.07) is 4.41. The van der Waals surface area contributed by atoms with Crippen LogP contribution in [0.2, 0.25) is 0 Å². The van der Waals surface area contributed by atoms with E-state index < -0.39 is 0 Å². The standard InChI is InChI=1S/C17H31N3O/c1-7-18-13-14-11-15(17(3,4)5)19-16(12-14)20(8-2)9-10-21-6/h11-12,18H,7-10,13H2,1-6H3. The lowest BCUT2D eigenvalue weighted by Crippen LogP contribution is -2.29. The second kappa shape index (κ2) is 8.35. The van der Waals surface area contributed by atoms with Gasteiger partial charge in [-0.15, -0.1) is 0 Å². The summed E-state index contributed by atoms with van der Waals surface area (Å²) in [7, 11) is 1.74. The predicted octanol–water partition coefficient (Wildman–Crippen LogP) is 2.96. The Labute approximate surface area is 129 Å².